The van der Waals surface area contributed by atoms with Gasteiger partial charge in [0.25, 0.3) is 5.91 Å². The Morgan fingerprint density at radius 3 is 2.64 bits per heavy atom. The molecule has 0 aliphatic carbocycles. The number of hydrogen-bond acceptors (Lipinski definition) is 3. The van der Waals surface area contributed by atoms with Gasteiger partial charge >= 0.3 is 0 Å². The van der Waals surface area contributed by atoms with E-state index >= 15 is 0 Å². The van der Waals surface area contributed by atoms with E-state index in [2.05, 4.69) is 10.5 Å². The summed E-state index contributed by atoms with van der Waals surface area (Å²) >= 11 is 0. The van der Waals surface area contributed by atoms with Crippen molar-refractivity contribution in [2.45, 2.75) is 0 Å². The number of hydrazone groups is 1. The number of aromatic hydroxyl groups is 1. The van der Waals surface area contributed by atoms with Gasteiger partial charge in [0, 0.05) is 25.0 Å². The number of carbonyl (C=O) groups is 1. The van der Waals surface area contributed by atoms with Crippen molar-refractivity contribution in [1.29, 1.82) is 0 Å². The number of phenols is 1. The number of fused-ring (bicyclic) bond motifs is 1. The van der Waals surface area contributed by atoms with Gasteiger partial charge in [-0.3, -0.25) is 4.79 Å². The molecular weight excluding hydrogens is 278 g/mol. The van der Waals surface area contributed by atoms with Crippen LogP contribution in [0.1, 0.15) is 15.9 Å². The molecular formula is C17H15N3O2. The van der Waals surface area contributed by atoms with E-state index < -0.39 is 5.91 Å². The molecule has 1 aromatic heterocycles. The average Bonchev–Trinajstić information content (AvgIpc) is 2.92. The molecule has 2 aromatic carbocycles. The molecule has 0 bridgehead atoms. The van der Waals surface area contributed by atoms with Gasteiger partial charge in [0.1, 0.15) is 5.75 Å². The molecule has 5 heteroatoms. The van der Waals surface area contributed by atoms with Crippen LogP contribution in [0.3, 0.4) is 0 Å². The maximum absolute atomic E-state index is 12.1. The second-order valence-electron chi connectivity index (χ2n) is 5.03. The molecule has 3 rings (SSSR count). The number of aromatic nitrogens is 1. The predicted molar refractivity (Wildman–Crippen MR) is 86.1 cm³/mol. The van der Waals surface area contributed by atoms with Crippen molar-refractivity contribution in [2.24, 2.45) is 12.1 Å². The third kappa shape index (κ3) is 2.83. The summed E-state index contributed by atoms with van der Waals surface area (Å²) in [6, 6.07) is 12.6. The third-order valence-electron chi connectivity index (χ3n) is 3.34. The molecule has 1 amide bonds. The van der Waals surface area contributed by atoms with E-state index in [0.717, 1.165) is 16.3 Å². The fraction of sp³-hybridized carbons (Fsp3) is 0.0588. The lowest BCUT2D eigenvalue weighted by Crippen LogP contribution is -2.17. The normalized spacial score (nSPS) is 11.1. The van der Waals surface area contributed by atoms with Gasteiger partial charge in [-0.2, -0.15) is 5.10 Å². The van der Waals surface area contributed by atoms with Gasteiger partial charge in [-0.25, -0.2) is 5.43 Å². The highest BCUT2D eigenvalue weighted by atomic mass is 16.3. The molecule has 3 aromatic rings. The summed E-state index contributed by atoms with van der Waals surface area (Å²) in [5.74, 6) is -0.512. The van der Waals surface area contributed by atoms with Crippen LogP contribution in [0.2, 0.25) is 0 Å². The fourth-order valence-corrected chi connectivity index (χ4v) is 2.24. The van der Waals surface area contributed by atoms with Crippen LogP contribution < -0.4 is 5.43 Å². The number of benzene rings is 2. The van der Waals surface area contributed by atoms with Gasteiger partial charge in [-0.15, -0.1) is 0 Å². The van der Waals surface area contributed by atoms with Gasteiger partial charge in [-0.05, 0) is 29.0 Å². The SMILES string of the molecule is Cn1ccc(/C=N\NC(=O)c2cc3ccccc3cc2O)c1. The van der Waals surface area contributed by atoms with E-state index in [0.29, 0.717) is 0 Å². The summed E-state index contributed by atoms with van der Waals surface area (Å²) in [4.78, 5) is 12.1. The lowest BCUT2D eigenvalue weighted by atomic mass is 10.1. The molecule has 0 saturated carbocycles. The van der Waals surface area contributed by atoms with Crippen molar-refractivity contribution in [3.05, 3.63) is 66.0 Å². The van der Waals surface area contributed by atoms with E-state index in [1.165, 1.54) is 0 Å². The summed E-state index contributed by atoms with van der Waals surface area (Å²) in [6.45, 7) is 0. The first-order valence-corrected chi connectivity index (χ1v) is 6.80. The summed E-state index contributed by atoms with van der Waals surface area (Å²) in [6.07, 6.45) is 5.32. The Hall–Kier alpha value is -3.08. The minimum absolute atomic E-state index is 0.0638. The molecule has 0 atom stereocenters. The largest absolute Gasteiger partial charge is 0.507 e. The van der Waals surface area contributed by atoms with E-state index in [9.17, 15) is 9.90 Å². The van der Waals surface area contributed by atoms with Crippen molar-refractivity contribution in [1.82, 2.24) is 9.99 Å². The van der Waals surface area contributed by atoms with Crippen LogP contribution in [0, 0.1) is 0 Å². The van der Waals surface area contributed by atoms with Crippen LogP contribution in [0.25, 0.3) is 10.8 Å². The Balaban J connectivity index is 1.80. The lowest BCUT2D eigenvalue weighted by Gasteiger charge is -2.05. The molecule has 110 valence electrons. The van der Waals surface area contributed by atoms with Crippen molar-refractivity contribution in [3.8, 4) is 5.75 Å². The van der Waals surface area contributed by atoms with Gasteiger partial charge < -0.3 is 9.67 Å². The molecule has 0 fully saturated rings. The van der Waals surface area contributed by atoms with Gasteiger partial charge in [0.15, 0.2) is 0 Å². The fourth-order valence-electron chi connectivity index (χ4n) is 2.24. The van der Waals surface area contributed by atoms with Crippen LogP contribution in [0.15, 0.2) is 60.0 Å². The number of nitrogens with one attached hydrogen (secondary N) is 1. The monoisotopic (exact) mass is 293 g/mol. The molecule has 5 nitrogen and oxygen atoms in total. The summed E-state index contributed by atoms with van der Waals surface area (Å²) < 4.78 is 1.89. The lowest BCUT2D eigenvalue weighted by molar-refractivity contribution is 0.0952. The number of nitrogens with zero attached hydrogens (tertiary/aromatic N) is 2. The Kier molecular flexibility index (Phi) is 3.62. The second-order valence-corrected chi connectivity index (χ2v) is 5.03. The third-order valence-corrected chi connectivity index (χ3v) is 3.34. The topological polar surface area (TPSA) is 66.6 Å². The minimum Gasteiger partial charge on any atom is -0.507 e. The smallest absolute Gasteiger partial charge is 0.275 e. The first-order chi connectivity index (χ1) is 10.6. The second kappa shape index (κ2) is 5.73. The standard InChI is InChI=1S/C17H15N3O2/c1-20-7-6-12(11-20)10-18-19-17(22)15-8-13-4-2-3-5-14(13)9-16(15)21/h2-11,21H,1H3,(H,19,22)/b18-10-. The van der Waals surface area contributed by atoms with Crippen molar-refractivity contribution >= 4 is 22.9 Å². The van der Waals surface area contributed by atoms with Crippen LogP contribution in [-0.4, -0.2) is 21.8 Å². The Morgan fingerprint density at radius 2 is 1.95 bits per heavy atom. The quantitative estimate of drug-likeness (QED) is 0.576. The number of phenolic OH excluding ortho intramolecular Hbond substituents is 1. The van der Waals surface area contributed by atoms with Crippen LogP contribution >= 0.6 is 0 Å². The van der Waals surface area contributed by atoms with E-state index in [-0.39, 0.29) is 11.3 Å². The highest BCUT2D eigenvalue weighted by Gasteiger charge is 2.11. The van der Waals surface area contributed by atoms with Crippen LogP contribution in [0.4, 0.5) is 0 Å². The van der Waals surface area contributed by atoms with Crippen molar-refractivity contribution in [3.63, 3.8) is 0 Å². The average molecular weight is 293 g/mol. The van der Waals surface area contributed by atoms with Crippen molar-refractivity contribution < 1.29 is 9.90 Å². The number of hydrogen-bond donors (Lipinski definition) is 2. The first-order valence-electron chi connectivity index (χ1n) is 6.80. The molecule has 1 heterocycles. The number of carbonyl (C=O) groups excluding carboxylic acids is 1. The predicted octanol–water partition coefficient (Wildman–Crippen LogP) is 2.65. The molecule has 0 spiro atoms. The van der Waals surface area contributed by atoms with E-state index in [4.69, 9.17) is 0 Å². The molecule has 22 heavy (non-hydrogen) atoms. The van der Waals surface area contributed by atoms with Crippen LogP contribution in [-0.2, 0) is 7.05 Å². The maximum Gasteiger partial charge on any atom is 0.275 e. The summed E-state index contributed by atoms with van der Waals surface area (Å²) in [5, 5.41) is 15.7. The summed E-state index contributed by atoms with van der Waals surface area (Å²) in [5.41, 5.74) is 3.50. The van der Waals surface area contributed by atoms with Crippen LogP contribution in [0.5, 0.6) is 5.75 Å². The number of rotatable bonds is 3. The highest BCUT2D eigenvalue weighted by Crippen LogP contribution is 2.24. The van der Waals surface area contributed by atoms with Gasteiger partial charge in [0.05, 0.1) is 11.8 Å². The Morgan fingerprint density at radius 1 is 1.23 bits per heavy atom. The molecule has 0 unspecified atom stereocenters. The molecule has 2 N–H and O–H groups in total. The van der Waals surface area contributed by atoms with Gasteiger partial charge in [-0.1, -0.05) is 24.3 Å². The first kappa shape index (κ1) is 13.9. The molecule has 0 aliphatic rings. The number of aryl methyl sites for hydroxylation is 1. The Bertz CT molecular complexity index is 865. The highest BCUT2D eigenvalue weighted by molar-refractivity contribution is 6.01. The van der Waals surface area contributed by atoms with Gasteiger partial charge in [0.2, 0.25) is 0 Å². The van der Waals surface area contributed by atoms with Crippen molar-refractivity contribution in [2.75, 3.05) is 0 Å². The summed E-state index contributed by atoms with van der Waals surface area (Å²) in [7, 11) is 1.91. The zero-order chi connectivity index (χ0) is 15.5. The van der Waals surface area contributed by atoms with E-state index in [1.807, 2.05) is 54.3 Å². The number of amides is 1. The van der Waals surface area contributed by atoms with E-state index in [1.54, 1.807) is 18.3 Å². The molecule has 0 radical (unpaired) electrons. The maximum atomic E-state index is 12.1. The molecule has 0 saturated heterocycles. The zero-order valence-electron chi connectivity index (χ0n) is 12.0. The molecule has 0 aliphatic heterocycles. The zero-order valence-corrected chi connectivity index (χ0v) is 12.0. The Labute approximate surface area is 127 Å². The minimum atomic E-state index is -0.449.